The van der Waals surface area contributed by atoms with E-state index in [0.29, 0.717) is 22.7 Å². The molecule has 6 heteroatoms. The van der Waals surface area contributed by atoms with Gasteiger partial charge in [0.05, 0.1) is 24.9 Å². The van der Waals surface area contributed by atoms with Gasteiger partial charge in [-0.15, -0.1) is 0 Å². The summed E-state index contributed by atoms with van der Waals surface area (Å²) in [7, 11) is 2.91. The Bertz CT molecular complexity index is 461. The van der Waals surface area contributed by atoms with Gasteiger partial charge in [-0.2, -0.15) is 0 Å². The summed E-state index contributed by atoms with van der Waals surface area (Å²) in [6.07, 6.45) is -1.29. The Hall–Kier alpha value is -1.46. The standard InChI is InChI=1S/C10H10ClNO4/c1-15-4-3-5(16-2)8-6(7(4)11)9(13)10(14)12-8/h3,9,13H,1-2H3,(H,12,14). The maximum absolute atomic E-state index is 11.3. The normalized spacial score (nSPS) is 18.0. The maximum Gasteiger partial charge on any atom is 0.258 e. The van der Waals surface area contributed by atoms with E-state index in [2.05, 4.69) is 5.32 Å². The lowest BCUT2D eigenvalue weighted by Crippen LogP contribution is -2.10. The van der Waals surface area contributed by atoms with Crippen molar-refractivity contribution in [1.29, 1.82) is 0 Å². The fourth-order valence-electron chi connectivity index (χ4n) is 1.65. The molecule has 2 N–H and O–H groups in total. The molecule has 0 aromatic heterocycles. The van der Waals surface area contributed by atoms with Crippen LogP contribution in [0.4, 0.5) is 5.69 Å². The molecule has 0 aliphatic carbocycles. The highest BCUT2D eigenvalue weighted by Gasteiger charge is 2.35. The van der Waals surface area contributed by atoms with Crippen molar-refractivity contribution in [1.82, 2.24) is 0 Å². The SMILES string of the molecule is COc1cc(OC)c2c(c1Cl)C(O)C(=O)N2. The van der Waals surface area contributed by atoms with Crippen molar-refractivity contribution in [3.8, 4) is 11.5 Å². The van der Waals surface area contributed by atoms with Gasteiger partial charge < -0.3 is 19.9 Å². The van der Waals surface area contributed by atoms with Crippen molar-refractivity contribution in [2.24, 2.45) is 0 Å². The average Bonchev–Trinajstić information content (AvgIpc) is 2.57. The second-order valence-corrected chi connectivity index (χ2v) is 3.65. The zero-order chi connectivity index (χ0) is 11.9. The zero-order valence-electron chi connectivity index (χ0n) is 8.70. The van der Waals surface area contributed by atoms with E-state index in [0.717, 1.165) is 0 Å². The van der Waals surface area contributed by atoms with Gasteiger partial charge >= 0.3 is 0 Å². The molecule has 1 amide bonds. The monoisotopic (exact) mass is 243 g/mol. The van der Waals surface area contributed by atoms with Crippen molar-refractivity contribution in [3.05, 3.63) is 16.7 Å². The molecule has 1 aliphatic heterocycles. The van der Waals surface area contributed by atoms with Gasteiger partial charge in [0.15, 0.2) is 6.10 Å². The maximum atomic E-state index is 11.3. The molecule has 0 saturated carbocycles. The van der Waals surface area contributed by atoms with Crippen molar-refractivity contribution in [2.75, 3.05) is 19.5 Å². The van der Waals surface area contributed by atoms with E-state index < -0.39 is 12.0 Å². The highest BCUT2D eigenvalue weighted by atomic mass is 35.5. The Morgan fingerprint density at radius 2 is 2.00 bits per heavy atom. The number of amides is 1. The minimum absolute atomic E-state index is 0.212. The van der Waals surface area contributed by atoms with Gasteiger partial charge in [-0.3, -0.25) is 4.79 Å². The number of hydrogen-bond donors (Lipinski definition) is 2. The predicted octanol–water partition coefficient (Wildman–Crippen LogP) is 1.34. The molecule has 1 aliphatic rings. The molecule has 0 spiro atoms. The minimum atomic E-state index is -1.29. The molecule has 0 fully saturated rings. The molecule has 1 atom stereocenters. The second kappa shape index (κ2) is 3.84. The first kappa shape index (κ1) is 11.0. The number of ether oxygens (including phenoxy) is 2. The fourth-order valence-corrected chi connectivity index (χ4v) is 1.98. The van der Waals surface area contributed by atoms with Crippen LogP contribution >= 0.6 is 11.6 Å². The first-order valence-electron chi connectivity index (χ1n) is 4.53. The Morgan fingerprint density at radius 3 is 2.56 bits per heavy atom. The van der Waals surface area contributed by atoms with E-state index in [1.54, 1.807) is 6.07 Å². The Kier molecular flexibility index (Phi) is 2.65. The number of hydrogen-bond acceptors (Lipinski definition) is 4. The van der Waals surface area contributed by atoms with E-state index >= 15 is 0 Å². The Morgan fingerprint density at radius 1 is 1.38 bits per heavy atom. The summed E-state index contributed by atoms with van der Waals surface area (Å²) >= 11 is 6.01. The van der Waals surface area contributed by atoms with Crippen molar-refractivity contribution in [2.45, 2.75) is 6.10 Å². The number of methoxy groups -OCH3 is 2. The molecule has 1 heterocycles. The molecule has 1 aromatic rings. The Balaban J connectivity index is 2.69. The van der Waals surface area contributed by atoms with Crippen LogP contribution in [0.5, 0.6) is 11.5 Å². The van der Waals surface area contributed by atoms with Crippen LogP contribution in [-0.4, -0.2) is 25.2 Å². The summed E-state index contributed by atoms with van der Waals surface area (Å²) < 4.78 is 10.1. The summed E-state index contributed by atoms with van der Waals surface area (Å²) in [5, 5.41) is 12.4. The molecule has 0 bridgehead atoms. The zero-order valence-corrected chi connectivity index (χ0v) is 9.46. The van der Waals surface area contributed by atoms with Crippen LogP contribution in [0.1, 0.15) is 11.7 Å². The molecular weight excluding hydrogens is 234 g/mol. The minimum Gasteiger partial charge on any atom is -0.495 e. The van der Waals surface area contributed by atoms with Crippen LogP contribution in [0, 0.1) is 0 Å². The fraction of sp³-hybridized carbons (Fsp3) is 0.300. The molecule has 5 nitrogen and oxygen atoms in total. The molecule has 0 saturated heterocycles. The topological polar surface area (TPSA) is 67.8 Å². The lowest BCUT2D eigenvalue weighted by Gasteiger charge is -2.12. The number of aliphatic hydroxyl groups excluding tert-OH is 1. The molecule has 86 valence electrons. The van der Waals surface area contributed by atoms with Gasteiger partial charge in [0.2, 0.25) is 0 Å². The van der Waals surface area contributed by atoms with Gasteiger partial charge in [0, 0.05) is 11.6 Å². The lowest BCUT2D eigenvalue weighted by molar-refractivity contribution is -0.123. The number of nitrogens with one attached hydrogen (secondary N) is 1. The number of fused-ring (bicyclic) bond motifs is 1. The van der Waals surface area contributed by atoms with Gasteiger partial charge in [0.1, 0.15) is 11.5 Å². The molecule has 16 heavy (non-hydrogen) atoms. The van der Waals surface area contributed by atoms with Gasteiger partial charge in [-0.05, 0) is 0 Å². The second-order valence-electron chi connectivity index (χ2n) is 3.28. The summed E-state index contributed by atoms with van der Waals surface area (Å²) in [5.41, 5.74) is 0.689. The Labute approximate surface area is 96.9 Å². The largest absolute Gasteiger partial charge is 0.495 e. The summed E-state index contributed by atoms with van der Waals surface area (Å²) in [6.45, 7) is 0. The summed E-state index contributed by atoms with van der Waals surface area (Å²) in [4.78, 5) is 11.3. The lowest BCUT2D eigenvalue weighted by atomic mass is 10.1. The third-order valence-electron chi connectivity index (χ3n) is 2.44. The number of benzene rings is 1. The van der Waals surface area contributed by atoms with Crippen molar-refractivity contribution < 1.29 is 19.4 Å². The van der Waals surface area contributed by atoms with Gasteiger partial charge in [0.25, 0.3) is 5.91 Å². The van der Waals surface area contributed by atoms with Crippen molar-refractivity contribution >= 4 is 23.2 Å². The number of carbonyl (C=O) groups excluding carboxylic acids is 1. The number of aliphatic hydroxyl groups is 1. The number of carbonyl (C=O) groups is 1. The van der Waals surface area contributed by atoms with Gasteiger partial charge in [-0.1, -0.05) is 11.6 Å². The van der Waals surface area contributed by atoms with E-state index in [-0.39, 0.29) is 5.02 Å². The molecule has 1 unspecified atom stereocenters. The molecule has 0 radical (unpaired) electrons. The van der Waals surface area contributed by atoms with Crippen LogP contribution in [0.3, 0.4) is 0 Å². The van der Waals surface area contributed by atoms with Crippen molar-refractivity contribution in [3.63, 3.8) is 0 Å². The van der Waals surface area contributed by atoms with Crippen LogP contribution in [0.2, 0.25) is 5.02 Å². The predicted molar refractivity (Wildman–Crippen MR) is 58.1 cm³/mol. The summed E-state index contributed by atoms with van der Waals surface area (Å²) in [5.74, 6) is 0.234. The average molecular weight is 244 g/mol. The third-order valence-corrected chi connectivity index (χ3v) is 2.83. The summed E-state index contributed by atoms with van der Waals surface area (Å²) in [6, 6.07) is 1.56. The quantitative estimate of drug-likeness (QED) is 0.823. The number of anilines is 1. The highest BCUT2D eigenvalue weighted by molar-refractivity contribution is 6.34. The number of rotatable bonds is 2. The number of halogens is 1. The van der Waals surface area contributed by atoms with Gasteiger partial charge in [-0.25, -0.2) is 0 Å². The molecule has 1 aromatic carbocycles. The first-order valence-corrected chi connectivity index (χ1v) is 4.91. The highest BCUT2D eigenvalue weighted by Crippen LogP contribution is 2.47. The van der Waals surface area contributed by atoms with E-state index in [1.165, 1.54) is 14.2 Å². The van der Waals surface area contributed by atoms with Crippen LogP contribution in [0.15, 0.2) is 6.07 Å². The smallest absolute Gasteiger partial charge is 0.258 e. The van der Waals surface area contributed by atoms with E-state index in [9.17, 15) is 9.90 Å². The van der Waals surface area contributed by atoms with E-state index in [4.69, 9.17) is 21.1 Å². The van der Waals surface area contributed by atoms with E-state index in [1.807, 2.05) is 0 Å². The van der Waals surface area contributed by atoms with Crippen LogP contribution in [-0.2, 0) is 4.79 Å². The van der Waals surface area contributed by atoms with Crippen LogP contribution < -0.4 is 14.8 Å². The molecular formula is C10H10ClNO4. The third kappa shape index (κ3) is 1.40. The van der Waals surface area contributed by atoms with Crippen LogP contribution in [0.25, 0.3) is 0 Å². The molecule has 2 rings (SSSR count). The first-order chi connectivity index (χ1) is 7.60.